The van der Waals surface area contributed by atoms with Crippen molar-refractivity contribution in [1.82, 2.24) is 4.98 Å². The van der Waals surface area contributed by atoms with Crippen LogP contribution in [0.2, 0.25) is 0 Å². The maximum absolute atomic E-state index is 9.67. The van der Waals surface area contributed by atoms with E-state index in [2.05, 4.69) is 62.2 Å². The molecule has 0 aliphatic heterocycles. The molecule has 1 heterocycles. The molecular weight excluding hydrogens is 529 g/mol. The summed E-state index contributed by atoms with van der Waals surface area (Å²) < 4.78 is 34.7. The Morgan fingerprint density at radius 1 is 0.730 bits per heavy atom. The Labute approximate surface area is 226 Å². The predicted octanol–water partition coefficient (Wildman–Crippen LogP) is 5.53. The third-order valence-electron chi connectivity index (χ3n) is 5.03. The van der Waals surface area contributed by atoms with Gasteiger partial charge in [0.25, 0.3) is 0 Å². The Hall–Kier alpha value is -3.61. The van der Waals surface area contributed by atoms with E-state index in [1.807, 2.05) is 61.5 Å². The van der Waals surface area contributed by atoms with Gasteiger partial charge in [-0.05, 0) is 23.9 Å². The van der Waals surface area contributed by atoms with Crippen LogP contribution in [-0.2, 0) is 17.1 Å². The van der Waals surface area contributed by atoms with Gasteiger partial charge in [-0.3, -0.25) is 12.9 Å². The Morgan fingerprint density at radius 2 is 1.19 bits per heavy atom. The molecule has 4 aromatic carbocycles. The van der Waals surface area contributed by atoms with Gasteiger partial charge >= 0.3 is 7.54 Å². The van der Waals surface area contributed by atoms with E-state index < -0.39 is 7.54 Å². The van der Waals surface area contributed by atoms with E-state index in [1.54, 1.807) is 0 Å². The van der Waals surface area contributed by atoms with Crippen LogP contribution in [0.4, 0.5) is 12.9 Å². The summed E-state index contributed by atoms with van der Waals surface area (Å²) in [5.74, 6) is 1.54. The van der Waals surface area contributed by atoms with Gasteiger partial charge in [0.05, 0.1) is 0 Å². The summed E-state index contributed by atoms with van der Waals surface area (Å²) in [6.45, 7) is 11.9. The van der Waals surface area contributed by atoms with Gasteiger partial charge in [0.2, 0.25) is 0 Å². The zero-order valence-corrected chi connectivity index (χ0v) is 21.2. The van der Waals surface area contributed by atoms with Crippen LogP contribution in [-0.4, -0.2) is 12.5 Å². The van der Waals surface area contributed by atoms with E-state index in [0.717, 1.165) is 44.8 Å². The SMILES string of the molecule is Cc1[c-]c2c(cc1)ccc1ccc(C)nc12.FB(F)F.[CH2-]c1ccccc1Oc1ccccc1[CH2-].[Cu].[F-]. The number of halogens is 4. The van der Waals surface area contributed by atoms with Crippen LogP contribution in [0.5, 0.6) is 11.5 Å². The van der Waals surface area contributed by atoms with Crippen LogP contribution >= 0.6 is 0 Å². The van der Waals surface area contributed by atoms with Crippen LogP contribution in [0.1, 0.15) is 22.4 Å². The first-order chi connectivity index (χ1) is 16.7. The number of aromatic nitrogens is 1. The average molecular weight is 553 g/mol. The molecule has 0 atom stereocenters. The molecule has 0 unspecified atom stereocenters. The molecule has 0 aliphatic rings. The molecule has 0 aliphatic carbocycles. The molecule has 0 saturated carbocycles. The molecule has 0 fully saturated rings. The van der Waals surface area contributed by atoms with E-state index in [1.165, 1.54) is 10.8 Å². The number of rotatable bonds is 2. The normalized spacial score (nSPS) is 9.54. The number of para-hydroxylation sites is 2. The van der Waals surface area contributed by atoms with Crippen LogP contribution in [0.25, 0.3) is 21.7 Å². The van der Waals surface area contributed by atoms with Crippen molar-refractivity contribution in [1.29, 1.82) is 0 Å². The maximum atomic E-state index is 9.67. The number of ether oxygens (including phenoxy) is 1. The van der Waals surface area contributed by atoms with Gasteiger partial charge < -0.3 is 14.4 Å². The van der Waals surface area contributed by atoms with E-state index >= 15 is 0 Å². The molecule has 37 heavy (non-hydrogen) atoms. The number of pyridine rings is 1. The van der Waals surface area contributed by atoms with Gasteiger partial charge in [-0.25, -0.2) is 0 Å². The van der Waals surface area contributed by atoms with Gasteiger partial charge in [-0.15, -0.1) is 46.7 Å². The second kappa shape index (κ2) is 14.8. The Balaban J connectivity index is 0.000000310. The summed E-state index contributed by atoms with van der Waals surface area (Å²) in [6.07, 6.45) is 0. The summed E-state index contributed by atoms with van der Waals surface area (Å²) in [6, 6.07) is 31.4. The molecule has 197 valence electrons. The van der Waals surface area contributed by atoms with Crippen LogP contribution in [0, 0.1) is 33.8 Å². The van der Waals surface area contributed by atoms with Gasteiger partial charge in [0, 0.05) is 34.3 Å². The number of hydrogen-bond donors (Lipinski definition) is 0. The zero-order valence-electron chi connectivity index (χ0n) is 20.2. The predicted molar refractivity (Wildman–Crippen MR) is 139 cm³/mol. The monoisotopic (exact) mass is 552 g/mol. The van der Waals surface area contributed by atoms with Crippen molar-refractivity contribution in [2.45, 2.75) is 13.8 Å². The molecule has 5 aromatic rings. The molecular formula is C29H24BCuF4NO-4. The minimum Gasteiger partial charge on any atom is -1.00 e. The fraction of sp³-hybridized carbons (Fsp3) is 0.0690. The topological polar surface area (TPSA) is 22.1 Å². The van der Waals surface area contributed by atoms with Crippen LogP contribution in [0.15, 0.2) is 84.9 Å². The summed E-state index contributed by atoms with van der Waals surface area (Å²) in [5.41, 5.74) is 5.01. The van der Waals surface area contributed by atoms with Crippen LogP contribution < -0.4 is 9.44 Å². The molecule has 0 spiro atoms. The molecule has 8 heteroatoms. The average Bonchev–Trinajstić information content (AvgIpc) is 2.82. The second-order valence-corrected chi connectivity index (χ2v) is 7.76. The van der Waals surface area contributed by atoms with Gasteiger partial charge in [-0.2, -0.15) is 37.1 Å². The van der Waals surface area contributed by atoms with Crippen molar-refractivity contribution in [3.05, 3.63) is 127 Å². The largest absolute Gasteiger partial charge is 1.00 e. The Bertz CT molecular complexity index is 1330. The summed E-state index contributed by atoms with van der Waals surface area (Å²) in [5, 5.41) is 3.51. The summed E-state index contributed by atoms with van der Waals surface area (Å²) >= 11 is 0. The van der Waals surface area contributed by atoms with Gasteiger partial charge in [0.1, 0.15) is 0 Å². The Morgan fingerprint density at radius 3 is 1.73 bits per heavy atom. The molecule has 2 nitrogen and oxygen atoms in total. The molecule has 0 bridgehead atoms. The zero-order chi connectivity index (χ0) is 25.4. The molecule has 1 radical (unpaired) electrons. The minimum atomic E-state index is -3.67. The van der Waals surface area contributed by atoms with Gasteiger partial charge in [0.15, 0.2) is 0 Å². The van der Waals surface area contributed by atoms with Crippen LogP contribution in [0.3, 0.4) is 0 Å². The minimum absolute atomic E-state index is 0. The molecule has 0 saturated heterocycles. The van der Waals surface area contributed by atoms with Crippen molar-refractivity contribution in [3.8, 4) is 11.5 Å². The first kappa shape index (κ1) is 31.4. The number of hydrogen-bond acceptors (Lipinski definition) is 2. The third-order valence-corrected chi connectivity index (χ3v) is 5.03. The van der Waals surface area contributed by atoms with E-state index in [4.69, 9.17) is 4.74 Å². The van der Waals surface area contributed by atoms with Crippen molar-refractivity contribution >= 4 is 29.2 Å². The first-order valence-electron chi connectivity index (χ1n) is 10.9. The fourth-order valence-corrected chi connectivity index (χ4v) is 3.35. The standard InChI is InChI=1S/C15H12N.C14H12O.BF3.Cu.FH/c1-10-3-5-12-7-8-13-6-4-11(2)16-15(13)14(12)9-10;1-11-7-3-5-9-13(11)15-14-10-6-4-8-12(14)2;2-1(3)4;;/h3-8H,1-2H3;3-10H,1-2H2;;;1H/q-1;-2;;;/p-1. The number of fused-ring (bicyclic) bond motifs is 3. The van der Waals surface area contributed by atoms with E-state index in [0.29, 0.717) is 0 Å². The molecule has 0 amide bonds. The smallest absolute Gasteiger partial charge is 0.762 e. The van der Waals surface area contributed by atoms with Crippen molar-refractivity contribution in [2.24, 2.45) is 0 Å². The summed E-state index contributed by atoms with van der Waals surface area (Å²) in [4.78, 5) is 4.61. The van der Waals surface area contributed by atoms with E-state index in [9.17, 15) is 12.9 Å². The fourth-order valence-electron chi connectivity index (χ4n) is 3.35. The van der Waals surface area contributed by atoms with Crippen molar-refractivity contribution < 1.29 is 39.5 Å². The first-order valence-corrected chi connectivity index (χ1v) is 10.9. The molecule has 0 N–H and O–H groups in total. The number of benzene rings is 4. The number of aryl methyl sites for hydroxylation is 2. The Kier molecular flexibility index (Phi) is 12.6. The quantitative estimate of drug-likeness (QED) is 0.124. The maximum Gasteiger partial charge on any atom is 0.762 e. The van der Waals surface area contributed by atoms with Gasteiger partial charge in [-0.1, -0.05) is 49.4 Å². The molecule has 5 rings (SSSR count). The van der Waals surface area contributed by atoms with Crippen molar-refractivity contribution in [3.63, 3.8) is 0 Å². The van der Waals surface area contributed by atoms with E-state index in [-0.39, 0.29) is 21.8 Å². The van der Waals surface area contributed by atoms with Crippen molar-refractivity contribution in [2.75, 3.05) is 0 Å². The third kappa shape index (κ3) is 9.08. The molecule has 1 aromatic heterocycles. The second-order valence-electron chi connectivity index (χ2n) is 7.76. The summed E-state index contributed by atoms with van der Waals surface area (Å²) in [7, 11) is -3.67. The number of nitrogens with zero attached hydrogens (tertiary/aromatic N) is 1.